The molecule has 3 aliphatic carbocycles. The Morgan fingerprint density at radius 2 is 2.03 bits per heavy atom. The van der Waals surface area contributed by atoms with Crippen molar-refractivity contribution in [3.05, 3.63) is 47.6 Å². The second-order valence-electron chi connectivity index (χ2n) is 13.6. The summed E-state index contributed by atoms with van der Waals surface area (Å²) in [6.07, 6.45) is 13.0. The number of likely N-dealkylation sites (tertiary alicyclic amines) is 1. The molecule has 1 N–H and O–H groups in total. The molecule has 6 heteroatoms. The quantitative estimate of drug-likeness (QED) is 0.209. The number of esters is 1. The largest absolute Gasteiger partial charge is 0.482 e. The monoisotopic (exact) mass is 535 g/mol. The van der Waals surface area contributed by atoms with Crippen LogP contribution in [0.3, 0.4) is 0 Å². The normalized spacial score (nSPS) is 36.2. The Labute approximate surface area is 233 Å². The van der Waals surface area contributed by atoms with Crippen LogP contribution in [0.2, 0.25) is 0 Å². The molecule has 0 radical (unpaired) electrons. The number of hydrogen-bond donors (Lipinski definition) is 1. The molecule has 2 heterocycles. The van der Waals surface area contributed by atoms with Gasteiger partial charge >= 0.3 is 5.97 Å². The Morgan fingerprint density at radius 1 is 1.26 bits per heavy atom. The predicted molar refractivity (Wildman–Crippen MR) is 151 cm³/mol. The van der Waals surface area contributed by atoms with Crippen molar-refractivity contribution < 1.29 is 24.1 Å². The summed E-state index contributed by atoms with van der Waals surface area (Å²) in [6.45, 7) is 12.5. The number of aliphatic hydroxyl groups is 1. The summed E-state index contributed by atoms with van der Waals surface area (Å²) >= 11 is 0. The van der Waals surface area contributed by atoms with E-state index in [-0.39, 0.29) is 22.9 Å². The highest BCUT2D eigenvalue weighted by molar-refractivity contribution is 5.85. The summed E-state index contributed by atoms with van der Waals surface area (Å²) in [5, 5.41) is 11.3. The second-order valence-corrected chi connectivity index (χ2v) is 13.6. The van der Waals surface area contributed by atoms with Gasteiger partial charge in [-0.3, -0.25) is 4.90 Å². The van der Waals surface area contributed by atoms with Gasteiger partial charge in [-0.15, -0.1) is 0 Å². The fourth-order valence-electron chi connectivity index (χ4n) is 8.83. The molecule has 6 nitrogen and oxygen atoms in total. The van der Waals surface area contributed by atoms with Crippen molar-refractivity contribution in [1.29, 1.82) is 0 Å². The third kappa shape index (κ3) is 3.81. The average molecular weight is 536 g/mol. The molecule has 6 rings (SSSR count). The summed E-state index contributed by atoms with van der Waals surface area (Å²) in [5.41, 5.74) is 0.611. The highest BCUT2D eigenvalue weighted by Crippen LogP contribution is 2.72. The number of carbonyl (C=O) groups excluding carboxylic acids is 1. The molecule has 0 aromatic heterocycles. The zero-order valence-electron chi connectivity index (χ0n) is 24.5. The second kappa shape index (κ2) is 9.19. The molecule has 2 aliphatic heterocycles. The van der Waals surface area contributed by atoms with Crippen molar-refractivity contribution in [1.82, 2.24) is 4.90 Å². The van der Waals surface area contributed by atoms with Crippen molar-refractivity contribution in [2.24, 2.45) is 17.3 Å². The summed E-state index contributed by atoms with van der Waals surface area (Å²) in [7, 11) is 1.78. The smallest absolute Gasteiger partial charge is 0.336 e. The molecule has 3 fully saturated rings. The van der Waals surface area contributed by atoms with Crippen LogP contribution in [-0.2, 0) is 21.4 Å². The Hall–Kier alpha value is -2.15. The van der Waals surface area contributed by atoms with E-state index in [9.17, 15) is 9.90 Å². The Bertz CT molecular complexity index is 1210. The molecule has 2 saturated carbocycles. The van der Waals surface area contributed by atoms with Gasteiger partial charge in [0.2, 0.25) is 0 Å². The molecule has 5 aliphatic rings. The first-order valence-electron chi connectivity index (χ1n) is 14.9. The summed E-state index contributed by atoms with van der Waals surface area (Å²) < 4.78 is 19.5. The Morgan fingerprint density at radius 3 is 2.69 bits per heavy atom. The van der Waals surface area contributed by atoms with Crippen molar-refractivity contribution >= 4 is 5.97 Å². The van der Waals surface area contributed by atoms with E-state index in [1.54, 1.807) is 13.2 Å². The van der Waals surface area contributed by atoms with E-state index in [0.717, 1.165) is 38.1 Å². The highest BCUT2D eigenvalue weighted by Gasteiger charge is 2.76. The fourth-order valence-corrected chi connectivity index (χ4v) is 8.83. The zero-order chi connectivity index (χ0) is 27.8. The number of carbonyl (C=O) groups is 1. The van der Waals surface area contributed by atoms with E-state index in [2.05, 4.69) is 24.8 Å². The van der Waals surface area contributed by atoms with Gasteiger partial charge in [-0.1, -0.05) is 38.1 Å². The molecule has 1 aromatic rings. The molecule has 1 saturated heterocycles. The maximum absolute atomic E-state index is 12.8. The van der Waals surface area contributed by atoms with Crippen LogP contribution in [0.4, 0.5) is 0 Å². The number of methoxy groups -OCH3 is 1. The lowest BCUT2D eigenvalue weighted by Gasteiger charge is -2.68. The van der Waals surface area contributed by atoms with Crippen molar-refractivity contribution in [3.8, 4) is 11.5 Å². The molecule has 0 amide bonds. The first-order valence-corrected chi connectivity index (χ1v) is 14.9. The SMILES string of the molecule is C/C=C/C=C/C(=O)Oc1ccc2c3c1O[C@H]1[C@@](OC)(C(C)C(C)(C)O)CC[C@]4(C)[C@@H](C2)N(CC2CC2)CC[C@]314. The fraction of sp³-hybridized carbons (Fsp3) is 0.667. The molecule has 1 unspecified atom stereocenters. The number of hydrogen-bond acceptors (Lipinski definition) is 6. The van der Waals surface area contributed by atoms with Gasteiger partial charge in [0.15, 0.2) is 11.5 Å². The maximum Gasteiger partial charge on any atom is 0.336 e. The van der Waals surface area contributed by atoms with Crippen molar-refractivity contribution in [3.63, 3.8) is 0 Å². The van der Waals surface area contributed by atoms with Gasteiger partial charge in [0.25, 0.3) is 0 Å². The van der Waals surface area contributed by atoms with Gasteiger partial charge in [-0.2, -0.15) is 0 Å². The van der Waals surface area contributed by atoms with Crippen LogP contribution < -0.4 is 9.47 Å². The van der Waals surface area contributed by atoms with Crippen LogP contribution in [0.1, 0.15) is 77.8 Å². The lowest BCUT2D eigenvalue weighted by Crippen LogP contribution is -2.76. The first kappa shape index (κ1) is 27.0. The van der Waals surface area contributed by atoms with Crippen molar-refractivity contribution in [2.75, 3.05) is 20.2 Å². The lowest BCUT2D eigenvalue weighted by atomic mass is 9.41. The predicted octanol–water partition coefficient (Wildman–Crippen LogP) is 5.36. The van der Waals surface area contributed by atoms with Crippen LogP contribution in [-0.4, -0.2) is 59.5 Å². The van der Waals surface area contributed by atoms with Gasteiger partial charge in [0.05, 0.1) is 5.60 Å². The molecule has 212 valence electrons. The molecule has 2 bridgehead atoms. The molecular weight excluding hydrogens is 490 g/mol. The third-order valence-electron chi connectivity index (χ3n) is 11.3. The highest BCUT2D eigenvalue weighted by atomic mass is 16.6. The topological polar surface area (TPSA) is 68.2 Å². The van der Waals surface area contributed by atoms with E-state index in [4.69, 9.17) is 14.2 Å². The number of allylic oxidation sites excluding steroid dienone is 3. The number of piperidine rings is 1. The van der Waals surface area contributed by atoms with Crippen LogP contribution in [0.25, 0.3) is 0 Å². The number of nitrogens with zero attached hydrogens (tertiary/aromatic N) is 1. The standard InChI is InChI=1S/C33H45NO5/c1-7-8-9-10-26(35)38-24-14-13-23-19-25-31(5)15-16-33(37-6,21(2)30(3,4)36)29-32(31,27(23)28(24)39-29)17-18-34(25)20-22-11-12-22/h7-10,13-14,21-22,25,29,36H,11-12,15-20H2,1-6H3/b8-7+,10-9+/t21?,25-,29-,31-,32+,33+/m1/s1. The molecular formula is C33H45NO5. The van der Waals surface area contributed by atoms with Crippen molar-refractivity contribution in [2.45, 2.75) is 102 Å². The third-order valence-corrected chi connectivity index (χ3v) is 11.3. The van der Waals surface area contributed by atoms with Crippen LogP contribution in [0, 0.1) is 17.3 Å². The molecule has 1 aromatic carbocycles. The summed E-state index contributed by atoms with van der Waals surface area (Å²) in [6, 6.07) is 4.52. The molecule has 1 spiro atoms. The Balaban J connectivity index is 1.50. The lowest BCUT2D eigenvalue weighted by molar-refractivity contribution is -0.241. The first-order chi connectivity index (χ1) is 18.5. The van der Waals surface area contributed by atoms with Gasteiger partial charge < -0.3 is 19.3 Å². The Kier molecular flexibility index (Phi) is 6.37. The van der Waals surface area contributed by atoms with E-state index in [0.29, 0.717) is 17.5 Å². The number of benzene rings is 1. The van der Waals surface area contributed by atoms with Gasteiger partial charge in [0.1, 0.15) is 11.7 Å². The van der Waals surface area contributed by atoms with E-state index in [1.165, 1.54) is 36.6 Å². The minimum atomic E-state index is -0.949. The van der Waals surface area contributed by atoms with Crippen LogP contribution in [0.5, 0.6) is 11.5 Å². The van der Waals surface area contributed by atoms with Crippen LogP contribution >= 0.6 is 0 Å². The van der Waals surface area contributed by atoms with Gasteiger partial charge in [0, 0.05) is 42.7 Å². The minimum Gasteiger partial charge on any atom is -0.482 e. The summed E-state index contributed by atoms with van der Waals surface area (Å²) in [5.74, 6) is 1.44. The van der Waals surface area contributed by atoms with E-state index >= 15 is 0 Å². The number of rotatable bonds is 8. The summed E-state index contributed by atoms with van der Waals surface area (Å²) in [4.78, 5) is 15.5. The maximum atomic E-state index is 12.8. The van der Waals surface area contributed by atoms with Gasteiger partial charge in [-0.05, 0) is 88.8 Å². The van der Waals surface area contributed by atoms with E-state index in [1.807, 2.05) is 39.0 Å². The molecule has 39 heavy (non-hydrogen) atoms. The van der Waals surface area contributed by atoms with Gasteiger partial charge in [-0.25, -0.2) is 4.79 Å². The van der Waals surface area contributed by atoms with E-state index < -0.39 is 17.2 Å². The van der Waals surface area contributed by atoms with Crippen LogP contribution in [0.15, 0.2) is 36.4 Å². The average Bonchev–Trinajstić information content (AvgIpc) is 3.63. The minimum absolute atomic E-state index is 0.0150. The number of ether oxygens (including phenoxy) is 3. The zero-order valence-corrected chi connectivity index (χ0v) is 24.5. The molecule has 6 atom stereocenters.